The molecular weight excluding hydrogens is 299 g/mol. The van der Waals surface area contributed by atoms with E-state index in [0.29, 0.717) is 6.42 Å². The zero-order chi connectivity index (χ0) is 16.7. The summed E-state index contributed by atoms with van der Waals surface area (Å²) in [6, 6.07) is 19.4. The van der Waals surface area contributed by atoms with E-state index in [-0.39, 0.29) is 11.9 Å². The highest BCUT2D eigenvalue weighted by molar-refractivity contribution is 5.73. The first-order chi connectivity index (χ1) is 11.6. The van der Waals surface area contributed by atoms with Crippen LogP contribution in [-0.2, 0) is 6.42 Å². The van der Waals surface area contributed by atoms with Crippen molar-refractivity contribution in [1.29, 1.82) is 0 Å². The zero-order valence-electron chi connectivity index (χ0n) is 13.8. The predicted molar refractivity (Wildman–Crippen MR) is 94.8 cm³/mol. The van der Waals surface area contributed by atoms with Gasteiger partial charge in [-0.2, -0.15) is 0 Å². The Morgan fingerprint density at radius 1 is 0.958 bits per heavy atom. The molecule has 0 aliphatic carbocycles. The van der Waals surface area contributed by atoms with Crippen molar-refractivity contribution in [2.24, 2.45) is 0 Å². The highest BCUT2D eigenvalue weighted by Crippen LogP contribution is 2.44. The molecule has 0 spiro atoms. The molecule has 3 aromatic carbocycles. The number of aryl methyl sites for hydroxylation is 2. The van der Waals surface area contributed by atoms with E-state index in [0.717, 1.165) is 22.4 Å². The lowest BCUT2D eigenvalue weighted by Crippen LogP contribution is -2.05. The zero-order valence-corrected chi connectivity index (χ0v) is 13.8. The largest absolute Gasteiger partial charge is 0.484 e. The standard InChI is InChI=1S/C22H19FO/c1-14-8-9-15(2)19(10-14)21-12-17-11-18(23)13-20(22(17)24-21)16-6-4-3-5-7-16/h3-11,13,21H,12H2,1-2H3. The van der Waals surface area contributed by atoms with Gasteiger partial charge in [0.1, 0.15) is 17.7 Å². The van der Waals surface area contributed by atoms with Gasteiger partial charge < -0.3 is 4.74 Å². The molecule has 1 heterocycles. The van der Waals surface area contributed by atoms with Crippen LogP contribution < -0.4 is 4.74 Å². The van der Waals surface area contributed by atoms with Crippen LogP contribution >= 0.6 is 0 Å². The van der Waals surface area contributed by atoms with E-state index in [4.69, 9.17) is 4.74 Å². The second-order valence-electron chi connectivity index (χ2n) is 6.48. The number of halogens is 1. The Kier molecular flexibility index (Phi) is 3.61. The fraction of sp³-hybridized carbons (Fsp3) is 0.182. The van der Waals surface area contributed by atoms with Crippen LogP contribution in [0.15, 0.2) is 60.7 Å². The average molecular weight is 318 g/mol. The van der Waals surface area contributed by atoms with E-state index in [9.17, 15) is 4.39 Å². The normalized spacial score (nSPS) is 15.9. The Morgan fingerprint density at radius 3 is 2.54 bits per heavy atom. The summed E-state index contributed by atoms with van der Waals surface area (Å²) < 4.78 is 20.4. The Labute approximate surface area is 141 Å². The number of hydrogen-bond acceptors (Lipinski definition) is 1. The minimum atomic E-state index is -0.210. The van der Waals surface area contributed by atoms with E-state index >= 15 is 0 Å². The second kappa shape index (κ2) is 5.79. The summed E-state index contributed by atoms with van der Waals surface area (Å²) in [7, 11) is 0. The Bertz CT molecular complexity index is 899. The molecular formula is C22H19FO. The lowest BCUT2D eigenvalue weighted by atomic mass is 9.96. The van der Waals surface area contributed by atoms with Crippen molar-refractivity contribution >= 4 is 0 Å². The summed E-state index contributed by atoms with van der Waals surface area (Å²) in [6.07, 6.45) is 0.654. The molecule has 2 heteroatoms. The van der Waals surface area contributed by atoms with E-state index in [1.165, 1.54) is 16.7 Å². The fourth-order valence-corrected chi connectivity index (χ4v) is 3.44. The smallest absolute Gasteiger partial charge is 0.131 e. The molecule has 1 aliphatic heterocycles. The quantitative estimate of drug-likeness (QED) is 0.581. The van der Waals surface area contributed by atoms with Crippen molar-refractivity contribution in [3.8, 4) is 16.9 Å². The highest BCUT2D eigenvalue weighted by atomic mass is 19.1. The van der Waals surface area contributed by atoms with E-state index in [2.05, 4.69) is 32.0 Å². The summed E-state index contributed by atoms with van der Waals surface area (Å²) in [4.78, 5) is 0. The number of benzene rings is 3. The first-order valence-corrected chi connectivity index (χ1v) is 8.23. The van der Waals surface area contributed by atoms with Crippen LogP contribution in [0.4, 0.5) is 4.39 Å². The highest BCUT2D eigenvalue weighted by Gasteiger charge is 2.29. The summed E-state index contributed by atoms with van der Waals surface area (Å²) >= 11 is 0. The third kappa shape index (κ3) is 2.58. The van der Waals surface area contributed by atoms with Gasteiger partial charge in [-0.25, -0.2) is 4.39 Å². The first kappa shape index (κ1) is 14.9. The van der Waals surface area contributed by atoms with Crippen molar-refractivity contribution in [2.45, 2.75) is 26.4 Å². The van der Waals surface area contributed by atoms with Crippen molar-refractivity contribution in [3.05, 3.63) is 88.7 Å². The maximum absolute atomic E-state index is 14.1. The van der Waals surface area contributed by atoms with Gasteiger partial charge >= 0.3 is 0 Å². The Morgan fingerprint density at radius 2 is 1.75 bits per heavy atom. The van der Waals surface area contributed by atoms with Crippen molar-refractivity contribution in [2.75, 3.05) is 0 Å². The maximum atomic E-state index is 14.1. The summed E-state index contributed by atoms with van der Waals surface area (Å²) in [5, 5.41) is 0. The topological polar surface area (TPSA) is 9.23 Å². The molecule has 0 radical (unpaired) electrons. The van der Waals surface area contributed by atoms with Crippen LogP contribution in [0.25, 0.3) is 11.1 Å². The summed E-state index contributed by atoms with van der Waals surface area (Å²) in [5.74, 6) is 0.603. The van der Waals surface area contributed by atoms with Crippen molar-refractivity contribution in [3.63, 3.8) is 0 Å². The Hall–Kier alpha value is -2.61. The van der Waals surface area contributed by atoms with E-state index in [1.54, 1.807) is 12.1 Å². The molecule has 4 rings (SSSR count). The number of ether oxygens (including phenoxy) is 1. The molecule has 120 valence electrons. The molecule has 0 bridgehead atoms. The average Bonchev–Trinajstić information content (AvgIpc) is 3.00. The predicted octanol–water partition coefficient (Wildman–Crippen LogP) is 5.79. The SMILES string of the molecule is Cc1ccc(C)c(C2Cc3cc(F)cc(-c4ccccc4)c3O2)c1. The van der Waals surface area contributed by atoms with Crippen molar-refractivity contribution < 1.29 is 9.13 Å². The van der Waals surface area contributed by atoms with Gasteiger partial charge in [0, 0.05) is 17.5 Å². The van der Waals surface area contributed by atoms with Gasteiger partial charge in [-0.05, 0) is 42.7 Å². The molecule has 0 saturated heterocycles. The monoisotopic (exact) mass is 318 g/mol. The van der Waals surface area contributed by atoms with Crippen LogP contribution in [0.3, 0.4) is 0 Å². The summed E-state index contributed by atoms with van der Waals surface area (Å²) in [5.41, 5.74) is 6.36. The second-order valence-corrected chi connectivity index (χ2v) is 6.48. The molecule has 24 heavy (non-hydrogen) atoms. The van der Waals surface area contributed by atoms with Gasteiger partial charge in [0.2, 0.25) is 0 Å². The van der Waals surface area contributed by atoms with Gasteiger partial charge in [0.25, 0.3) is 0 Å². The van der Waals surface area contributed by atoms with Gasteiger partial charge in [-0.3, -0.25) is 0 Å². The molecule has 0 aromatic heterocycles. The van der Waals surface area contributed by atoms with Crippen LogP contribution in [0, 0.1) is 19.7 Å². The molecule has 0 N–H and O–H groups in total. The Balaban J connectivity index is 1.78. The van der Waals surface area contributed by atoms with Crippen LogP contribution in [0.5, 0.6) is 5.75 Å². The van der Waals surface area contributed by atoms with Crippen molar-refractivity contribution in [1.82, 2.24) is 0 Å². The molecule has 1 nitrogen and oxygen atoms in total. The van der Waals surface area contributed by atoms with Gasteiger partial charge in [-0.1, -0.05) is 54.1 Å². The van der Waals surface area contributed by atoms with Gasteiger partial charge in [-0.15, -0.1) is 0 Å². The number of fused-ring (bicyclic) bond motifs is 1. The van der Waals surface area contributed by atoms with E-state index < -0.39 is 0 Å². The third-order valence-electron chi connectivity index (χ3n) is 4.66. The first-order valence-electron chi connectivity index (χ1n) is 8.23. The van der Waals surface area contributed by atoms with Gasteiger partial charge in [0.15, 0.2) is 0 Å². The number of rotatable bonds is 2. The molecule has 0 fully saturated rings. The molecule has 0 amide bonds. The minimum absolute atomic E-state index is 0.0517. The van der Waals surface area contributed by atoms with Gasteiger partial charge in [0.05, 0.1) is 0 Å². The maximum Gasteiger partial charge on any atom is 0.131 e. The third-order valence-corrected chi connectivity index (χ3v) is 4.66. The van der Waals surface area contributed by atoms with Crippen LogP contribution in [0.1, 0.15) is 28.4 Å². The molecule has 1 aliphatic rings. The molecule has 0 saturated carbocycles. The molecule has 3 aromatic rings. The fourth-order valence-electron chi connectivity index (χ4n) is 3.44. The lowest BCUT2D eigenvalue weighted by Gasteiger charge is -2.16. The van der Waals surface area contributed by atoms with E-state index in [1.807, 2.05) is 30.3 Å². The minimum Gasteiger partial charge on any atom is -0.484 e. The number of hydrogen-bond donors (Lipinski definition) is 0. The lowest BCUT2D eigenvalue weighted by molar-refractivity contribution is 0.238. The van der Waals surface area contributed by atoms with Crippen LogP contribution in [-0.4, -0.2) is 0 Å². The molecule has 1 atom stereocenters. The van der Waals surface area contributed by atoms with Crippen LogP contribution in [0.2, 0.25) is 0 Å². The molecule has 1 unspecified atom stereocenters. The summed E-state index contributed by atoms with van der Waals surface area (Å²) in [6.45, 7) is 4.18.